The van der Waals surface area contributed by atoms with Crippen molar-refractivity contribution in [2.45, 2.75) is 58.1 Å². The molecule has 2 aliphatic carbocycles. The first kappa shape index (κ1) is 26.2. The number of aliphatic hydroxyl groups excluding tert-OH is 2. The van der Waals surface area contributed by atoms with Crippen molar-refractivity contribution in [3.63, 3.8) is 0 Å². The van der Waals surface area contributed by atoms with Crippen LogP contribution in [-0.4, -0.2) is 55.3 Å². The Hall–Kier alpha value is -2.41. The maximum absolute atomic E-state index is 13.3. The van der Waals surface area contributed by atoms with Crippen LogP contribution in [0.2, 0.25) is 0 Å². The van der Waals surface area contributed by atoms with Crippen LogP contribution in [0.1, 0.15) is 55.2 Å². The van der Waals surface area contributed by atoms with Gasteiger partial charge in [0.25, 0.3) is 0 Å². The molecule has 1 aromatic carbocycles. The van der Waals surface area contributed by atoms with Crippen molar-refractivity contribution in [3.8, 4) is 11.5 Å². The Labute approximate surface area is 220 Å². The van der Waals surface area contributed by atoms with E-state index < -0.39 is 27.0 Å². The molecule has 37 heavy (non-hydrogen) atoms. The number of ether oxygens (including phenoxy) is 2. The van der Waals surface area contributed by atoms with E-state index in [1.807, 2.05) is 25.1 Å². The van der Waals surface area contributed by atoms with Crippen LogP contribution in [-0.2, 0) is 27.8 Å². The van der Waals surface area contributed by atoms with Crippen LogP contribution < -0.4 is 19.5 Å². The van der Waals surface area contributed by atoms with Crippen molar-refractivity contribution < 1.29 is 32.9 Å². The van der Waals surface area contributed by atoms with Crippen molar-refractivity contribution in [1.29, 1.82) is 0 Å². The highest BCUT2D eigenvalue weighted by molar-refractivity contribution is 7.92. The molecule has 5 atom stereocenters. The summed E-state index contributed by atoms with van der Waals surface area (Å²) in [5.74, 6) is 0.758. The summed E-state index contributed by atoms with van der Waals surface area (Å²) in [7, 11) is -3.52. The molecule has 202 valence electrons. The molecule has 2 aromatic rings. The van der Waals surface area contributed by atoms with Crippen molar-refractivity contribution in [1.82, 2.24) is 10.3 Å². The Morgan fingerprint density at radius 3 is 2.76 bits per heavy atom. The fraction of sp³-hybridized carbons (Fsp3) is 0.600. The normalized spacial score (nSPS) is 30.4. The fourth-order valence-electron chi connectivity index (χ4n) is 6.36. The van der Waals surface area contributed by atoms with Gasteiger partial charge in [0.05, 0.1) is 24.7 Å². The molecule has 2 heterocycles. The van der Waals surface area contributed by atoms with Gasteiger partial charge in [-0.1, -0.05) is 19.9 Å². The van der Waals surface area contributed by atoms with Gasteiger partial charge in [-0.25, -0.2) is 13.4 Å². The van der Waals surface area contributed by atoms with Gasteiger partial charge in [0.15, 0.2) is 16.6 Å². The van der Waals surface area contributed by atoms with Gasteiger partial charge in [-0.3, -0.25) is 9.52 Å². The van der Waals surface area contributed by atoms with Gasteiger partial charge in [-0.05, 0) is 48.3 Å². The number of thiazole rings is 1. The fourth-order valence-corrected chi connectivity index (χ4v) is 8.26. The van der Waals surface area contributed by atoms with E-state index in [2.05, 4.69) is 21.9 Å². The van der Waals surface area contributed by atoms with Crippen molar-refractivity contribution in [2.24, 2.45) is 16.7 Å². The number of benzene rings is 1. The molecule has 5 unspecified atom stereocenters. The van der Waals surface area contributed by atoms with Crippen LogP contribution in [0.25, 0.3) is 0 Å². The summed E-state index contributed by atoms with van der Waals surface area (Å²) in [6.07, 6.45) is 2.30. The predicted octanol–water partition coefficient (Wildman–Crippen LogP) is 2.37. The SMILES string of the molecule is CC1(CO)C(O)CCC2(C)C(CC(=O)NCc3ccc4c(c3)OCO4)c3nc(NS(C)(=O)=O)sc3CC12. The molecule has 1 aliphatic heterocycles. The third-order valence-corrected chi connectivity index (χ3v) is 10.2. The van der Waals surface area contributed by atoms with E-state index in [1.165, 1.54) is 11.3 Å². The molecule has 10 nitrogen and oxygen atoms in total. The average molecular weight is 552 g/mol. The third kappa shape index (κ3) is 4.80. The van der Waals surface area contributed by atoms with E-state index >= 15 is 0 Å². The lowest BCUT2D eigenvalue weighted by Gasteiger charge is -2.58. The Balaban J connectivity index is 1.43. The van der Waals surface area contributed by atoms with Gasteiger partial charge in [0, 0.05) is 29.2 Å². The molecule has 1 aromatic heterocycles. The van der Waals surface area contributed by atoms with Crippen LogP contribution in [0, 0.1) is 16.7 Å². The van der Waals surface area contributed by atoms with E-state index in [0.717, 1.165) is 22.4 Å². The topological polar surface area (TPSA) is 147 Å². The van der Waals surface area contributed by atoms with Gasteiger partial charge in [-0.15, -0.1) is 11.3 Å². The Bertz CT molecular complexity index is 1310. The summed E-state index contributed by atoms with van der Waals surface area (Å²) in [6.45, 7) is 4.33. The van der Waals surface area contributed by atoms with Gasteiger partial charge >= 0.3 is 0 Å². The molecule has 0 saturated heterocycles. The molecule has 1 fully saturated rings. The number of anilines is 1. The molecular weight excluding hydrogens is 518 g/mol. The number of fused-ring (bicyclic) bond motifs is 3. The molecule has 3 aliphatic rings. The van der Waals surface area contributed by atoms with Gasteiger partial charge in [-0.2, -0.15) is 0 Å². The molecule has 1 amide bonds. The third-order valence-electron chi connectivity index (χ3n) is 8.48. The van der Waals surface area contributed by atoms with E-state index in [4.69, 9.17) is 9.47 Å². The van der Waals surface area contributed by atoms with Crippen LogP contribution in [0.15, 0.2) is 18.2 Å². The summed E-state index contributed by atoms with van der Waals surface area (Å²) < 4.78 is 37.0. The first-order valence-corrected chi connectivity index (χ1v) is 15.1. The molecule has 0 spiro atoms. The Kier molecular flexibility index (Phi) is 6.66. The first-order chi connectivity index (χ1) is 17.4. The zero-order valence-corrected chi connectivity index (χ0v) is 22.7. The quantitative estimate of drug-likeness (QED) is 0.410. The summed E-state index contributed by atoms with van der Waals surface area (Å²) in [6, 6.07) is 5.54. The van der Waals surface area contributed by atoms with Gasteiger partial charge < -0.3 is 25.0 Å². The summed E-state index contributed by atoms with van der Waals surface area (Å²) >= 11 is 1.26. The van der Waals surface area contributed by atoms with E-state index in [-0.39, 0.29) is 42.7 Å². The minimum atomic E-state index is -3.52. The number of amides is 1. The number of carbonyl (C=O) groups is 1. The number of hydrogen-bond donors (Lipinski definition) is 4. The molecule has 12 heteroatoms. The lowest BCUT2D eigenvalue weighted by atomic mass is 9.47. The number of aliphatic hydroxyl groups is 2. The Morgan fingerprint density at radius 1 is 1.27 bits per heavy atom. The number of nitrogens with zero attached hydrogens (tertiary/aromatic N) is 1. The zero-order valence-electron chi connectivity index (χ0n) is 21.1. The molecule has 1 saturated carbocycles. The highest BCUT2D eigenvalue weighted by atomic mass is 32.2. The second kappa shape index (κ2) is 9.40. The van der Waals surface area contributed by atoms with E-state index in [1.54, 1.807) is 0 Å². The highest BCUT2D eigenvalue weighted by Crippen LogP contribution is 2.62. The second-order valence-electron chi connectivity index (χ2n) is 10.9. The predicted molar refractivity (Wildman–Crippen MR) is 138 cm³/mol. The maximum atomic E-state index is 13.3. The van der Waals surface area contributed by atoms with Crippen molar-refractivity contribution in [3.05, 3.63) is 34.3 Å². The van der Waals surface area contributed by atoms with Crippen LogP contribution in [0.4, 0.5) is 5.13 Å². The van der Waals surface area contributed by atoms with E-state index in [0.29, 0.717) is 37.3 Å². The lowest BCUT2D eigenvalue weighted by Crippen LogP contribution is -2.57. The average Bonchev–Trinajstić information content (AvgIpc) is 3.46. The molecule has 0 radical (unpaired) electrons. The number of nitrogens with one attached hydrogen (secondary N) is 2. The smallest absolute Gasteiger partial charge is 0.231 e. The standard InChI is InChI=1S/C25H33N3O7S2/c1-24-7-6-20(30)25(2,12-29)19(24)10-18-22(27-23(36-18)28-37(3,32)33)15(24)9-21(31)26-11-14-4-5-16-17(8-14)35-13-34-16/h4-5,8,15,19-20,29-30H,6-7,9-13H2,1-3H3,(H,26,31)(H,27,28). The number of aromatic nitrogens is 1. The number of sulfonamides is 1. The number of carbonyl (C=O) groups excluding carboxylic acids is 1. The zero-order chi connectivity index (χ0) is 26.6. The highest BCUT2D eigenvalue weighted by Gasteiger charge is 2.59. The van der Waals surface area contributed by atoms with Gasteiger partial charge in [0.1, 0.15) is 0 Å². The summed E-state index contributed by atoms with van der Waals surface area (Å²) in [5, 5.41) is 24.5. The number of rotatable bonds is 7. The largest absolute Gasteiger partial charge is 0.454 e. The van der Waals surface area contributed by atoms with Crippen molar-refractivity contribution >= 4 is 32.4 Å². The van der Waals surface area contributed by atoms with Crippen LogP contribution in [0.5, 0.6) is 11.5 Å². The Morgan fingerprint density at radius 2 is 2.03 bits per heavy atom. The van der Waals surface area contributed by atoms with Crippen LogP contribution in [0.3, 0.4) is 0 Å². The first-order valence-electron chi connectivity index (χ1n) is 12.3. The van der Waals surface area contributed by atoms with Gasteiger partial charge in [0.2, 0.25) is 22.7 Å². The lowest BCUT2D eigenvalue weighted by molar-refractivity contribution is -0.144. The molecule has 5 rings (SSSR count). The monoisotopic (exact) mass is 551 g/mol. The second-order valence-corrected chi connectivity index (χ2v) is 13.7. The molecule has 4 N–H and O–H groups in total. The minimum Gasteiger partial charge on any atom is -0.454 e. The van der Waals surface area contributed by atoms with E-state index in [9.17, 15) is 23.4 Å². The maximum Gasteiger partial charge on any atom is 0.231 e. The molecule has 0 bridgehead atoms. The van der Waals surface area contributed by atoms with Crippen molar-refractivity contribution in [2.75, 3.05) is 24.4 Å². The van der Waals surface area contributed by atoms with Crippen LogP contribution >= 0.6 is 11.3 Å². The minimum absolute atomic E-state index is 0.112. The summed E-state index contributed by atoms with van der Waals surface area (Å²) in [4.78, 5) is 18.8. The molecular formula is C25H33N3O7S2. The summed E-state index contributed by atoms with van der Waals surface area (Å²) in [5.41, 5.74) is 0.439. The number of hydrogen-bond acceptors (Lipinski definition) is 9.